The molecule has 0 aromatic carbocycles. The average molecular weight is 449 g/mol. The molecule has 1 saturated heterocycles. The van der Waals surface area contributed by atoms with E-state index in [1.807, 2.05) is 4.90 Å². The Morgan fingerprint density at radius 2 is 1.89 bits per heavy atom. The molecule has 0 spiro atoms. The van der Waals surface area contributed by atoms with Gasteiger partial charge >= 0.3 is 0 Å². The Labute approximate surface area is 174 Å². The van der Waals surface area contributed by atoms with Crippen LogP contribution in [0.3, 0.4) is 0 Å². The summed E-state index contributed by atoms with van der Waals surface area (Å²) >= 11 is 4.04. The maximum Gasteiger partial charge on any atom is 0.289 e. The molecule has 0 radical (unpaired) electrons. The molecular formula is C22H29BrN2O3. The van der Waals surface area contributed by atoms with Crippen LogP contribution < -0.4 is 5.32 Å². The number of piperidine rings is 1. The van der Waals surface area contributed by atoms with Gasteiger partial charge in [-0.05, 0) is 80.8 Å². The fraction of sp³-hybridized carbons (Fsp3) is 0.727. The van der Waals surface area contributed by atoms with E-state index < -0.39 is 0 Å². The summed E-state index contributed by atoms with van der Waals surface area (Å²) in [7, 11) is 0. The van der Waals surface area contributed by atoms with Gasteiger partial charge in [-0.15, -0.1) is 0 Å². The maximum absolute atomic E-state index is 12.9. The third-order valence-electron chi connectivity index (χ3n) is 7.53. The molecule has 28 heavy (non-hydrogen) atoms. The number of nitrogens with one attached hydrogen (secondary N) is 1. The fourth-order valence-electron chi connectivity index (χ4n) is 6.95. The van der Waals surface area contributed by atoms with Crippen LogP contribution in [0.5, 0.6) is 0 Å². The first kappa shape index (κ1) is 18.7. The van der Waals surface area contributed by atoms with Gasteiger partial charge in [0, 0.05) is 29.9 Å². The third kappa shape index (κ3) is 3.53. The Balaban J connectivity index is 1.14. The maximum atomic E-state index is 12.9. The molecular weight excluding hydrogens is 420 g/mol. The quantitative estimate of drug-likeness (QED) is 0.704. The molecule has 2 unspecified atom stereocenters. The molecule has 1 N–H and O–H groups in total. The van der Waals surface area contributed by atoms with Crippen molar-refractivity contribution in [3.8, 4) is 0 Å². The zero-order valence-electron chi connectivity index (χ0n) is 16.3. The van der Waals surface area contributed by atoms with Gasteiger partial charge in [-0.1, -0.05) is 15.9 Å². The first-order valence-corrected chi connectivity index (χ1v) is 11.5. The normalized spacial score (nSPS) is 37.2. The van der Waals surface area contributed by atoms with Crippen molar-refractivity contribution in [3.63, 3.8) is 0 Å². The van der Waals surface area contributed by atoms with Crippen LogP contribution in [0.2, 0.25) is 0 Å². The van der Waals surface area contributed by atoms with Gasteiger partial charge in [-0.2, -0.15) is 0 Å². The molecule has 6 heteroatoms. The van der Waals surface area contributed by atoms with Gasteiger partial charge < -0.3 is 14.6 Å². The fourth-order valence-corrected chi connectivity index (χ4v) is 8.46. The Hall–Kier alpha value is -1.30. The van der Waals surface area contributed by atoms with Crippen LogP contribution >= 0.6 is 15.9 Å². The smallest absolute Gasteiger partial charge is 0.289 e. The number of carbonyl (C=O) groups excluding carboxylic acids is 2. The Bertz CT molecular complexity index is 740. The highest BCUT2D eigenvalue weighted by molar-refractivity contribution is 9.10. The van der Waals surface area contributed by atoms with Gasteiger partial charge in [-0.3, -0.25) is 9.59 Å². The summed E-state index contributed by atoms with van der Waals surface area (Å²) in [4.78, 5) is 27.1. The minimum Gasteiger partial charge on any atom is -0.459 e. The minimum absolute atomic E-state index is 0.0500. The predicted molar refractivity (Wildman–Crippen MR) is 109 cm³/mol. The van der Waals surface area contributed by atoms with E-state index in [2.05, 4.69) is 21.2 Å². The summed E-state index contributed by atoms with van der Waals surface area (Å²) in [6.45, 7) is 1.34. The lowest BCUT2D eigenvalue weighted by Crippen LogP contribution is -2.54. The Morgan fingerprint density at radius 1 is 1.18 bits per heavy atom. The van der Waals surface area contributed by atoms with Gasteiger partial charge in [0.1, 0.15) is 0 Å². The summed E-state index contributed by atoms with van der Waals surface area (Å²) in [5.41, 5.74) is 0.216. The zero-order valence-corrected chi connectivity index (χ0v) is 17.9. The third-order valence-corrected chi connectivity index (χ3v) is 8.45. The van der Waals surface area contributed by atoms with Crippen LogP contribution in [0.4, 0.5) is 0 Å². The molecule has 4 aliphatic carbocycles. The monoisotopic (exact) mass is 448 g/mol. The SMILES string of the molecule is O=C(CC12CC3CC(CC(Br)(C3)C1)C2)NC1CCN(C(=O)c2ccco2)CC1. The largest absolute Gasteiger partial charge is 0.459 e. The van der Waals surface area contributed by atoms with E-state index in [4.69, 9.17) is 4.42 Å². The predicted octanol–water partition coefficient (Wildman–Crippen LogP) is 4.12. The molecule has 1 aromatic rings. The van der Waals surface area contributed by atoms with Gasteiger partial charge in [0.25, 0.3) is 5.91 Å². The average Bonchev–Trinajstić information content (AvgIpc) is 3.13. The molecule has 152 valence electrons. The number of hydrogen-bond donors (Lipinski definition) is 1. The number of carbonyl (C=O) groups is 2. The van der Waals surface area contributed by atoms with Crippen molar-refractivity contribution in [2.75, 3.05) is 13.1 Å². The second kappa shape index (κ2) is 6.89. The van der Waals surface area contributed by atoms with Crippen LogP contribution in [0.25, 0.3) is 0 Å². The molecule has 4 saturated carbocycles. The Kier molecular flexibility index (Phi) is 4.61. The zero-order chi connectivity index (χ0) is 19.4. The molecule has 5 aliphatic rings. The van der Waals surface area contributed by atoms with Crippen LogP contribution in [-0.2, 0) is 4.79 Å². The van der Waals surface area contributed by atoms with Crippen LogP contribution in [0, 0.1) is 17.3 Å². The van der Waals surface area contributed by atoms with E-state index in [9.17, 15) is 9.59 Å². The van der Waals surface area contributed by atoms with Crippen LogP contribution in [-0.4, -0.2) is 40.2 Å². The summed E-state index contributed by atoms with van der Waals surface area (Å²) < 4.78 is 5.52. The molecule has 6 rings (SSSR count). The van der Waals surface area contributed by atoms with Crippen LogP contribution in [0.1, 0.15) is 68.3 Å². The molecule has 4 bridgehead atoms. The summed E-state index contributed by atoms with van der Waals surface area (Å²) in [6.07, 6.45) is 11.5. The van der Waals surface area contributed by atoms with Crippen LogP contribution in [0.15, 0.2) is 22.8 Å². The topological polar surface area (TPSA) is 62.6 Å². The number of furan rings is 1. The highest BCUT2D eigenvalue weighted by Gasteiger charge is 2.57. The first-order chi connectivity index (χ1) is 13.4. The van der Waals surface area contributed by atoms with Crippen molar-refractivity contribution in [1.82, 2.24) is 10.2 Å². The van der Waals surface area contributed by atoms with Crippen molar-refractivity contribution >= 4 is 27.7 Å². The number of rotatable bonds is 4. The van der Waals surface area contributed by atoms with E-state index >= 15 is 0 Å². The number of nitrogens with zero attached hydrogens (tertiary/aromatic N) is 1. The molecule has 1 aliphatic heterocycles. The van der Waals surface area contributed by atoms with E-state index in [0.717, 1.165) is 31.1 Å². The van der Waals surface area contributed by atoms with E-state index in [0.29, 0.717) is 29.6 Å². The summed E-state index contributed by atoms with van der Waals surface area (Å²) in [6, 6.07) is 3.63. The van der Waals surface area contributed by atoms with E-state index in [1.54, 1.807) is 12.1 Å². The number of alkyl halides is 1. The van der Waals surface area contributed by atoms with Crippen molar-refractivity contribution in [2.24, 2.45) is 17.3 Å². The minimum atomic E-state index is -0.0500. The number of halogens is 1. The second-order valence-electron chi connectivity index (χ2n) is 9.90. The number of likely N-dealkylation sites (tertiary alicyclic amines) is 1. The highest BCUT2D eigenvalue weighted by Crippen LogP contribution is 2.65. The van der Waals surface area contributed by atoms with E-state index in [1.165, 1.54) is 38.4 Å². The molecule has 2 amide bonds. The lowest BCUT2D eigenvalue weighted by molar-refractivity contribution is -0.129. The van der Waals surface area contributed by atoms with Gasteiger partial charge in [-0.25, -0.2) is 0 Å². The molecule has 5 nitrogen and oxygen atoms in total. The lowest BCUT2D eigenvalue weighted by Gasteiger charge is -2.60. The standard InChI is InChI=1S/C22H29BrN2O3/c23-22-11-15-8-16(12-22)10-21(9-15,14-22)13-19(26)24-17-3-5-25(6-4-17)20(27)18-2-1-7-28-18/h1-2,7,15-17H,3-6,8-14H2,(H,24,26). The van der Waals surface area contributed by atoms with Gasteiger partial charge in [0.2, 0.25) is 5.91 Å². The number of hydrogen-bond acceptors (Lipinski definition) is 3. The second-order valence-corrected chi connectivity index (χ2v) is 11.6. The van der Waals surface area contributed by atoms with E-state index in [-0.39, 0.29) is 23.3 Å². The van der Waals surface area contributed by atoms with Crippen molar-refractivity contribution < 1.29 is 14.0 Å². The van der Waals surface area contributed by atoms with Crippen molar-refractivity contribution in [2.45, 2.75) is 68.2 Å². The molecule has 1 aromatic heterocycles. The first-order valence-electron chi connectivity index (χ1n) is 10.7. The number of amides is 2. The van der Waals surface area contributed by atoms with Crippen molar-refractivity contribution in [3.05, 3.63) is 24.2 Å². The summed E-state index contributed by atoms with van der Waals surface area (Å²) in [5, 5.41) is 3.28. The Morgan fingerprint density at radius 3 is 2.50 bits per heavy atom. The lowest BCUT2D eigenvalue weighted by atomic mass is 9.48. The molecule has 5 fully saturated rings. The molecule has 2 heterocycles. The van der Waals surface area contributed by atoms with Gasteiger partial charge in [0.15, 0.2) is 5.76 Å². The highest BCUT2D eigenvalue weighted by atomic mass is 79.9. The molecule has 2 atom stereocenters. The van der Waals surface area contributed by atoms with Gasteiger partial charge in [0.05, 0.1) is 6.26 Å². The summed E-state index contributed by atoms with van der Waals surface area (Å²) in [5.74, 6) is 2.18. The van der Waals surface area contributed by atoms with Crippen molar-refractivity contribution in [1.29, 1.82) is 0 Å².